The summed E-state index contributed by atoms with van der Waals surface area (Å²) < 4.78 is 11.6. The van der Waals surface area contributed by atoms with Crippen LogP contribution in [0.2, 0.25) is 0 Å². The molecule has 1 aromatic heterocycles. The lowest BCUT2D eigenvalue weighted by Gasteiger charge is -2.27. The lowest BCUT2D eigenvalue weighted by molar-refractivity contribution is -0.134. The largest absolute Gasteiger partial charge is 0.493 e. The SMILES string of the molecule is CC(=O)CN1CC(c2ccc3c(c2)CCO3)CC1CCC1CCCCO1.CC(=O)O.CCCCC.Cc1cccnc1. The van der Waals surface area contributed by atoms with Crippen molar-refractivity contribution in [3.05, 3.63) is 59.4 Å². The van der Waals surface area contributed by atoms with Gasteiger partial charge in [-0.3, -0.25) is 19.5 Å². The summed E-state index contributed by atoms with van der Waals surface area (Å²) in [6.07, 6.45) is 16.3. The van der Waals surface area contributed by atoms with E-state index in [-0.39, 0.29) is 5.78 Å². The van der Waals surface area contributed by atoms with Gasteiger partial charge in [0.15, 0.2) is 0 Å². The number of unbranched alkanes of at least 4 members (excludes halogenated alkanes) is 2. The minimum Gasteiger partial charge on any atom is -0.493 e. The van der Waals surface area contributed by atoms with Crippen LogP contribution in [0.3, 0.4) is 0 Å². The number of hydrogen-bond donors (Lipinski definition) is 1. The number of ether oxygens (including phenoxy) is 2. The van der Waals surface area contributed by atoms with E-state index in [0.717, 1.165) is 58.1 Å². The second-order valence-electron chi connectivity index (χ2n) is 11.7. The number of carbonyl (C=O) groups is 2. The highest BCUT2D eigenvalue weighted by molar-refractivity contribution is 5.77. The van der Waals surface area contributed by atoms with Crippen molar-refractivity contribution in [1.29, 1.82) is 0 Å². The highest BCUT2D eigenvalue weighted by atomic mass is 16.5. The van der Waals surface area contributed by atoms with Crippen LogP contribution in [0.5, 0.6) is 5.75 Å². The number of carboxylic acid groups (broad SMARTS) is 1. The number of Topliss-reactive ketones (excluding diaryl/α,β-unsaturated/α-hetero) is 1. The first-order chi connectivity index (χ1) is 20.2. The maximum absolute atomic E-state index is 11.8. The Labute approximate surface area is 254 Å². The third kappa shape index (κ3) is 13.9. The first kappa shape index (κ1) is 35.4. The molecule has 42 heavy (non-hydrogen) atoms. The summed E-state index contributed by atoms with van der Waals surface area (Å²) in [5.74, 6) is 1.02. The molecule has 234 valence electrons. The van der Waals surface area contributed by atoms with Crippen LogP contribution in [0.25, 0.3) is 0 Å². The first-order valence-electron chi connectivity index (χ1n) is 15.9. The number of aryl methyl sites for hydroxylation is 1. The number of ketones is 1. The van der Waals surface area contributed by atoms with Crippen LogP contribution in [0.1, 0.15) is 108 Å². The molecule has 3 atom stereocenters. The third-order valence-corrected chi connectivity index (χ3v) is 7.75. The number of rotatable bonds is 8. The van der Waals surface area contributed by atoms with Gasteiger partial charge in [0.2, 0.25) is 0 Å². The van der Waals surface area contributed by atoms with Gasteiger partial charge in [-0.25, -0.2) is 0 Å². The number of fused-ring (bicyclic) bond motifs is 1. The average Bonchev–Trinajstić information content (AvgIpc) is 3.60. The number of pyridine rings is 1. The van der Waals surface area contributed by atoms with Crippen molar-refractivity contribution >= 4 is 11.8 Å². The van der Waals surface area contributed by atoms with Crippen molar-refractivity contribution in [3.63, 3.8) is 0 Å². The molecule has 0 radical (unpaired) electrons. The fraction of sp³-hybridized carbons (Fsp3) is 0.629. The van der Waals surface area contributed by atoms with E-state index >= 15 is 0 Å². The molecule has 7 heteroatoms. The summed E-state index contributed by atoms with van der Waals surface area (Å²) in [6, 6.07) is 11.1. The number of nitrogens with zero attached hydrogens (tertiary/aromatic N) is 2. The van der Waals surface area contributed by atoms with Gasteiger partial charge in [-0.05, 0) is 87.1 Å². The van der Waals surface area contributed by atoms with Crippen LogP contribution < -0.4 is 4.74 Å². The van der Waals surface area contributed by atoms with Gasteiger partial charge in [0.05, 0.1) is 19.3 Å². The molecular weight excluding hydrogens is 528 g/mol. The fourth-order valence-electron chi connectivity index (χ4n) is 5.68. The molecule has 3 aliphatic rings. The van der Waals surface area contributed by atoms with Gasteiger partial charge in [-0.15, -0.1) is 0 Å². The molecule has 3 aliphatic heterocycles. The molecule has 1 N–H and O–H groups in total. The smallest absolute Gasteiger partial charge is 0.300 e. The molecule has 1 aromatic carbocycles. The molecular formula is C35H54N2O5. The van der Waals surface area contributed by atoms with Gasteiger partial charge in [0, 0.05) is 44.9 Å². The van der Waals surface area contributed by atoms with E-state index < -0.39 is 5.97 Å². The monoisotopic (exact) mass is 582 g/mol. The molecule has 2 saturated heterocycles. The molecule has 2 fully saturated rings. The number of likely N-dealkylation sites (tertiary alicyclic amines) is 1. The zero-order chi connectivity index (χ0) is 30.7. The van der Waals surface area contributed by atoms with Gasteiger partial charge in [-0.1, -0.05) is 51.3 Å². The predicted octanol–water partition coefficient (Wildman–Crippen LogP) is 7.40. The second-order valence-corrected chi connectivity index (χ2v) is 11.7. The highest BCUT2D eigenvalue weighted by Gasteiger charge is 2.34. The Balaban J connectivity index is 0.000000315. The summed E-state index contributed by atoms with van der Waals surface area (Å²) in [4.78, 5) is 27.1. The molecule has 0 aliphatic carbocycles. The van der Waals surface area contributed by atoms with E-state index in [4.69, 9.17) is 19.4 Å². The second kappa shape index (κ2) is 20.2. The van der Waals surface area contributed by atoms with Crippen LogP contribution in [0.4, 0.5) is 0 Å². The van der Waals surface area contributed by atoms with Crippen molar-refractivity contribution in [2.45, 2.75) is 117 Å². The van der Waals surface area contributed by atoms with Crippen LogP contribution in [0.15, 0.2) is 42.7 Å². The Kier molecular flexibility index (Phi) is 17.0. The highest BCUT2D eigenvalue weighted by Crippen LogP contribution is 2.37. The molecule has 5 rings (SSSR count). The van der Waals surface area contributed by atoms with Gasteiger partial charge >= 0.3 is 0 Å². The zero-order valence-corrected chi connectivity index (χ0v) is 26.6. The standard InChI is InChI=1S/C22H31NO3.C6H7N.C5H12.C2H4O2/c1-16(24)14-23-15-19(17-5-8-22-18(12-17)9-11-26-22)13-20(23)6-7-21-4-2-3-10-25-21;1-6-3-2-4-7-5-6;1-3-5-4-2;1-2(3)4/h5,8,12,19-21H,2-4,6-7,9-11,13-15H2,1H3;2-5H,1H3;3-5H2,1-2H3;1H3,(H,3,4). The van der Waals surface area contributed by atoms with Crippen molar-refractivity contribution in [2.24, 2.45) is 0 Å². The van der Waals surface area contributed by atoms with Crippen LogP contribution in [-0.2, 0) is 20.7 Å². The maximum atomic E-state index is 11.8. The molecule has 3 unspecified atom stereocenters. The molecule has 0 spiro atoms. The van der Waals surface area contributed by atoms with Crippen molar-refractivity contribution in [2.75, 3.05) is 26.3 Å². The number of hydrogen-bond acceptors (Lipinski definition) is 6. The number of benzene rings is 1. The van der Waals surface area contributed by atoms with E-state index in [1.165, 1.54) is 55.2 Å². The zero-order valence-electron chi connectivity index (χ0n) is 26.6. The molecule has 0 saturated carbocycles. The summed E-state index contributed by atoms with van der Waals surface area (Å²) in [7, 11) is 0. The fourth-order valence-corrected chi connectivity index (χ4v) is 5.68. The average molecular weight is 583 g/mol. The Bertz CT molecular complexity index is 1030. The van der Waals surface area contributed by atoms with Gasteiger partial charge < -0.3 is 14.6 Å². The summed E-state index contributed by atoms with van der Waals surface area (Å²) in [6.45, 7) is 12.5. The van der Waals surface area contributed by atoms with Gasteiger partial charge in [0.1, 0.15) is 11.5 Å². The molecule has 7 nitrogen and oxygen atoms in total. The Morgan fingerprint density at radius 2 is 1.83 bits per heavy atom. The van der Waals surface area contributed by atoms with Crippen molar-refractivity contribution < 1.29 is 24.2 Å². The topological polar surface area (TPSA) is 89.0 Å². The summed E-state index contributed by atoms with van der Waals surface area (Å²) in [5, 5.41) is 7.42. The predicted molar refractivity (Wildman–Crippen MR) is 169 cm³/mol. The van der Waals surface area contributed by atoms with E-state index in [9.17, 15) is 4.79 Å². The normalized spacial score (nSPS) is 20.8. The van der Waals surface area contributed by atoms with Crippen LogP contribution in [0, 0.1) is 6.92 Å². The Hall–Kier alpha value is -2.77. The molecule has 2 aromatic rings. The van der Waals surface area contributed by atoms with Gasteiger partial charge in [-0.2, -0.15) is 0 Å². The molecule has 0 amide bonds. The van der Waals surface area contributed by atoms with Crippen molar-refractivity contribution in [1.82, 2.24) is 9.88 Å². The molecule has 4 heterocycles. The van der Waals surface area contributed by atoms with Crippen LogP contribution >= 0.6 is 0 Å². The molecule has 0 bridgehead atoms. The van der Waals surface area contributed by atoms with Crippen LogP contribution in [-0.4, -0.2) is 65.2 Å². The lowest BCUT2D eigenvalue weighted by atomic mass is 9.92. The number of carboxylic acids is 1. The Morgan fingerprint density at radius 1 is 1.07 bits per heavy atom. The van der Waals surface area contributed by atoms with E-state index in [1.807, 2.05) is 25.3 Å². The summed E-state index contributed by atoms with van der Waals surface area (Å²) in [5.41, 5.74) is 3.97. The van der Waals surface area contributed by atoms with Gasteiger partial charge in [0.25, 0.3) is 5.97 Å². The first-order valence-corrected chi connectivity index (χ1v) is 15.9. The Morgan fingerprint density at radius 3 is 2.38 bits per heavy atom. The number of aliphatic carboxylic acids is 1. The number of carbonyl (C=O) groups excluding carboxylic acids is 1. The van der Waals surface area contributed by atoms with E-state index in [2.05, 4.69) is 41.9 Å². The minimum atomic E-state index is -0.833. The summed E-state index contributed by atoms with van der Waals surface area (Å²) >= 11 is 0. The van der Waals surface area contributed by atoms with E-state index in [1.54, 1.807) is 13.1 Å². The minimum absolute atomic E-state index is 0.270. The number of aromatic nitrogens is 1. The maximum Gasteiger partial charge on any atom is 0.300 e. The quantitative estimate of drug-likeness (QED) is 0.347. The van der Waals surface area contributed by atoms with E-state index in [0.29, 0.717) is 24.6 Å². The van der Waals surface area contributed by atoms with Crippen molar-refractivity contribution in [3.8, 4) is 5.75 Å². The lowest BCUT2D eigenvalue weighted by Crippen LogP contribution is -2.34. The third-order valence-electron chi connectivity index (χ3n) is 7.75.